The van der Waals surface area contributed by atoms with E-state index in [9.17, 15) is 26.7 Å². The lowest BCUT2D eigenvalue weighted by Crippen LogP contribution is -2.49. The van der Waals surface area contributed by atoms with Crippen LogP contribution in [0.3, 0.4) is 0 Å². The molecule has 0 N–H and O–H groups in total. The van der Waals surface area contributed by atoms with Gasteiger partial charge in [0.1, 0.15) is 5.56 Å². The van der Waals surface area contributed by atoms with Gasteiger partial charge < -0.3 is 9.64 Å². The molecule has 1 aliphatic heterocycles. The maximum Gasteiger partial charge on any atom is 0.421 e. The molecule has 1 amide bonds. The highest BCUT2D eigenvalue weighted by molar-refractivity contribution is 5.80. The number of piperidine rings is 1. The summed E-state index contributed by atoms with van der Waals surface area (Å²) in [6.07, 6.45) is -2.97. The number of hydrogen-bond acceptors (Lipinski definition) is 3. The van der Waals surface area contributed by atoms with Crippen LogP contribution in [-0.2, 0) is 11.0 Å². The van der Waals surface area contributed by atoms with Crippen LogP contribution in [0.25, 0.3) is 0 Å². The van der Waals surface area contributed by atoms with Crippen LogP contribution in [0.5, 0.6) is 5.88 Å². The van der Waals surface area contributed by atoms with Crippen molar-refractivity contribution >= 4 is 5.91 Å². The molecule has 0 aromatic carbocycles. The van der Waals surface area contributed by atoms with Crippen molar-refractivity contribution in [1.29, 1.82) is 0 Å². The lowest BCUT2D eigenvalue weighted by atomic mass is 9.80. The van der Waals surface area contributed by atoms with E-state index in [2.05, 4.69) is 4.98 Å². The number of amides is 1. The largest absolute Gasteiger partial charge is 0.477 e. The van der Waals surface area contributed by atoms with Crippen LogP contribution in [0.1, 0.15) is 31.2 Å². The average Bonchev–Trinajstić information content (AvgIpc) is 2.57. The molecule has 0 spiro atoms. The molecule has 9 heteroatoms. The van der Waals surface area contributed by atoms with E-state index in [1.807, 2.05) is 0 Å². The van der Waals surface area contributed by atoms with Crippen molar-refractivity contribution < 1.29 is 31.5 Å². The molecule has 1 aliphatic carbocycles. The minimum Gasteiger partial charge on any atom is -0.477 e. The monoisotopic (exact) mass is 378 g/mol. The number of aromatic nitrogens is 1. The fraction of sp³-hybridized carbons (Fsp3) is 0.647. The Morgan fingerprint density at radius 3 is 2.50 bits per heavy atom. The molecule has 0 unspecified atom stereocenters. The van der Waals surface area contributed by atoms with Crippen LogP contribution in [0.4, 0.5) is 22.0 Å². The van der Waals surface area contributed by atoms with Crippen molar-refractivity contribution in [3.8, 4) is 5.88 Å². The summed E-state index contributed by atoms with van der Waals surface area (Å²) in [6, 6.07) is 2.11. The second-order valence-electron chi connectivity index (χ2n) is 6.89. The highest BCUT2D eigenvalue weighted by atomic mass is 19.4. The van der Waals surface area contributed by atoms with Gasteiger partial charge in [-0.15, -0.1) is 0 Å². The van der Waals surface area contributed by atoms with Gasteiger partial charge >= 0.3 is 6.18 Å². The molecule has 3 rings (SSSR count). The first-order valence-corrected chi connectivity index (χ1v) is 8.47. The third kappa shape index (κ3) is 4.24. The first-order valence-electron chi connectivity index (χ1n) is 8.47. The first-order chi connectivity index (χ1) is 12.2. The van der Waals surface area contributed by atoms with Crippen LogP contribution in [0.2, 0.25) is 0 Å². The number of alkyl halides is 5. The van der Waals surface area contributed by atoms with Gasteiger partial charge in [-0.3, -0.25) is 4.79 Å². The summed E-state index contributed by atoms with van der Waals surface area (Å²) in [5.74, 6) is -4.05. The number of rotatable bonds is 4. The second-order valence-corrected chi connectivity index (χ2v) is 6.89. The lowest BCUT2D eigenvalue weighted by Gasteiger charge is -2.39. The Morgan fingerprint density at radius 2 is 1.92 bits per heavy atom. The number of ether oxygens (including phenoxy) is 1. The molecule has 0 radical (unpaired) electrons. The predicted molar refractivity (Wildman–Crippen MR) is 81.7 cm³/mol. The van der Waals surface area contributed by atoms with E-state index >= 15 is 0 Å². The maximum atomic E-state index is 12.9. The maximum absolute atomic E-state index is 12.9. The molecule has 4 nitrogen and oxygen atoms in total. The van der Waals surface area contributed by atoms with Crippen LogP contribution >= 0.6 is 0 Å². The van der Waals surface area contributed by atoms with Crippen LogP contribution < -0.4 is 4.74 Å². The van der Waals surface area contributed by atoms with Crippen LogP contribution in [0.15, 0.2) is 18.3 Å². The zero-order chi connectivity index (χ0) is 18.9. The second kappa shape index (κ2) is 7.00. The number of hydrogen-bond donors (Lipinski definition) is 0. The lowest BCUT2D eigenvalue weighted by molar-refractivity contribution is -0.161. The topological polar surface area (TPSA) is 42.4 Å². The molecule has 2 aliphatic rings. The number of pyridine rings is 1. The van der Waals surface area contributed by atoms with Crippen molar-refractivity contribution in [3.63, 3.8) is 0 Å². The fourth-order valence-corrected chi connectivity index (χ4v) is 3.33. The Hall–Kier alpha value is -1.93. The van der Waals surface area contributed by atoms with E-state index in [0.717, 1.165) is 6.07 Å². The van der Waals surface area contributed by atoms with Crippen LogP contribution in [-0.4, -0.2) is 41.4 Å². The number of carbonyl (C=O) groups excluding carboxylic acids is 1. The molecule has 144 valence electrons. The summed E-state index contributed by atoms with van der Waals surface area (Å²) in [7, 11) is 0. The van der Waals surface area contributed by atoms with Crippen LogP contribution in [0, 0.1) is 11.8 Å². The normalized spacial score (nSPS) is 21.3. The number of halogens is 5. The van der Waals surface area contributed by atoms with E-state index in [4.69, 9.17) is 4.74 Å². The Labute approximate surface area is 147 Å². The Balaban J connectivity index is 1.47. The molecule has 1 saturated carbocycles. The number of carbonyl (C=O) groups is 1. The van der Waals surface area contributed by atoms with Gasteiger partial charge in [0.05, 0.1) is 6.61 Å². The van der Waals surface area contributed by atoms with Gasteiger partial charge in [-0.25, -0.2) is 13.8 Å². The Kier molecular flexibility index (Phi) is 5.07. The van der Waals surface area contributed by atoms with E-state index < -0.39 is 42.3 Å². The van der Waals surface area contributed by atoms with Crippen molar-refractivity contribution in [3.05, 3.63) is 23.9 Å². The molecule has 1 aromatic heterocycles. The highest BCUT2D eigenvalue weighted by Crippen LogP contribution is 2.43. The van der Waals surface area contributed by atoms with E-state index in [1.165, 1.54) is 12.3 Å². The van der Waals surface area contributed by atoms with Gasteiger partial charge in [-0.05, 0) is 30.9 Å². The minimum absolute atomic E-state index is 0.00929. The quantitative estimate of drug-likeness (QED) is 0.750. The summed E-state index contributed by atoms with van der Waals surface area (Å²) < 4.78 is 69.8. The third-order valence-electron chi connectivity index (χ3n) is 4.90. The van der Waals surface area contributed by atoms with Gasteiger partial charge in [0.15, 0.2) is 0 Å². The zero-order valence-electron chi connectivity index (χ0n) is 13.9. The fourth-order valence-electron chi connectivity index (χ4n) is 3.33. The van der Waals surface area contributed by atoms with E-state index in [0.29, 0.717) is 25.9 Å². The van der Waals surface area contributed by atoms with Crippen molar-refractivity contribution in [2.45, 2.75) is 37.8 Å². The molecule has 1 aromatic rings. The minimum atomic E-state index is -4.54. The van der Waals surface area contributed by atoms with Gasteiger partial charge in [-0.1, -0.05) is 0 Å². The standard InChI is InChI=1S/C17H19F5N2O2/c18-16(19)8-12(9-16)15(25)24-6-3-11(4-7-24)10-26-14-13(17(20,21)22)2-1-5-23-14/h1-2,5,11-12H,3-4,6-10H2. The Morgan fingerprint density at radius 1 is 1.27 bits per heavy atom. The highest BCUT2D eigenvalue weighted by Gasteiger charge is 2.50. The van der Waals surface area contributed by atoms with Gasteiger partial charge in [0.2, 0.25) is 17.7 Å². The van der Waals surface area contributed by atoms with Crippen molar-refractivity contribution in [2.24, 2.45) is 11.8 Å². The summed E-state index contributed by atoms with van der Waals surface area (Å²) in [4.78, 5) is 17.4. The summed E-state index contributed by atoms with van der Waals surface area (Å²) in [6.45, 7) is 0.885. The van der Waals surface area contributed by atoms with E-state index in [-0.39, 0.29) is 18.4 Å². The first kappa shape index (κ1) is 18.8. The van der Waals surface area contributed by atoms with Gasteiger partial charge in [0.25, 0.3) is 0 Å². The van der Waals surface area contributed by atoms with Gasteiger partial charge in [0, 0.05) is 38.0 Å². The molecule has 0 atom stereocenters. The summed E-state index contributed by atoms with van der Waals surface area (Å²) >= 11 is 0. The average molecular weight is 378 g/mol. The van der Waals surface area contributed by atoms with Gasteiger partial charge in [-0.2, -0.15) is 13.2 Å². The molecule has 1 saturated heterocycles. The number of nitrogens with zero attached hydrogens (tertiary/aromatic N) is 2. The Bertz CT molecular complexity index is 649. The van der Waals surface area contributed by atoms with Crippen molar-refractivity contribution in [1.82, 2.24) is 9.88 Å². The molecule has 2 heterocycles. The summed E-state index contributed by atoms with van der Waals surface area (Å²) in [5.41, 5.74) is -0.918. The molecular weight excluding hydrogens is 359 g/mol. The SMILES string of the molecule is O=C(C1CC(F)(F)C1)N1CCC(COc2ncccc2C(F)(F)F)CC1. The zero-order valence-corrected chi connectivity index (χ0v) is 13.9. The van der Waals surface area contributed by atoms with E-state index in [1.54, 1.807) is 4.90 Å². The molecule has 0 bridgehead atoms. The molecular formula is C17H19F5N2O2. The smallest absolute Gasteiger partial charge is 0.421 e. The third-order valence-corrected chi connectivity index (χ3v) is 4.90. The molecule has 2 fully saturated rings. The number of likely N-dealkylation sites (tertiary alicyclic amines) is 1. The summed E-state index contributed by atoms with van der Waals surface area (Å²) in [5, 5.41) is 0. The predicted octanol–water partition coefficient (Wildman–Crippen LogP) is 3.76. The van der Waals surface area contributed by atoms with Crippen molar-refractivity contribution in [2.75, 3.05) is 19.7 Å². The molecule has 26 heavy (non-hydrogen) atoms.